The molecular weight excluding hydrogens is 250 g/mol. The summed E-state index contributed by atoms with van der Waals surface area (Å²) in [7, 11) is 0. The molecule has 1 amide bonds. The van der Waals surface area contributed by atoms with Gasteiger partial charge < -0.3 is 11.1 Å². The number of hydrogen-bond donors (Lipinski definition) is 2. The summed E-state index contributed by atoms with van der Waals surface area (Å²) in [5.41, 5.74) is 8.62. The van der Waals surface area contributed by atoms with E-state index in [0.717, 1.165) is 12.1 Å². The standard InChI is InChI=1S/C16H19N3O/c1-12-15(8-5-11-18-12)19-16(20)14(17)10-9-13-6-3-2-4-7-13/h2-8,11,14H,9-10,17H2,1H3,(H,19,20). The molecule has 20 heavy (non-hydrogen) atoms. The van der Waals surface area contributed by atoms with Gasteiger partial charge in [0.1, 0.15) is 0 Å². The van der Waals surface area contributed by atoms with E-state index in [1.165, 1.54) is 5.56 Å². The van der Waals surface area contributed by atoms with Crippen LogP contribution in [-0.4, -0.2) is 16.9 Å². The molecule has 0 bridgehead atoms. The number of rotatable bonds is 5. The molecule has 0 fully saturated rings. The monoisotopic (exact) mass is 269 g/mol. The van der Waals surface area contributed by atoms with Crippen molar-refractivity contribution in [3.8, 4) is 0 Å². The van der Waals surface area contributed by atoms with Crippen LogP contribution in [0.25, 0.3) is 0 Å². The van der Waals surface area contributed by atoms with Crippen LogP contribution in [0.5, 0.6) is 0 Å². The minimum absolute atomic E-state index is 0.169. The first kappa shape index (κ1) is 14.2. The van der Waals surface area contributed by atoms with Crippen LogP contribution in [0.15, 0.2) is 48.7 Å². The average molecular weight is 269 g/mol. The van der Waals surface area contributed by atoms with Crippen molar-refractivity contribution in [2.75, 3.05) is 5.32 Å². The molecule has 3 N–H and O–H groups in total. The van der Waals surface area contributed by atoms with E-state index in [0.29, 0.717) is 12.1 Å². The summed E-state index contributed by atoms with van der Waals surface area (Å²) in [5, 5.41) is 2.82. The average Bonchev–Trinajstić information content (AvgIpc) is 2.48. The molecule has 0 saturated heterocycles. The summed E-state index contributed by atoms with van der Waals surface area (Å²) >= 11 is 0. The number of benzene rings is 1. The summed E-state index contributed by atoms with van der Waals surface area (Å²) in [6.45, 7) is 1.85. The summed E-state index contributed by atoms with van der Waals surface area (Å²) in [4.78, 5) is 16.2. The highest BCUT2D eigenvalue weighted by molar-refractivity contribution is 5.95. The molecule has 2 rings (SSSR count). The molecule has 0 aliphatic heterocycles. The fraction of sp³-hybridized carbons (Fsp3) is 0.250. The van der Waals surface area contributed by atoms with E-state index >= 15 is 0 Å². The van der Waals surface area contributed by atoms with Crippen LogP contribution in [-0.2, 0) is 11.2 Å². The maximum Gasteiger partial charge on any atom is 0.241 e. The van der Waals surface area contributed by atoms with E-state index in [9.17, 15) is 4.79 Å². The number of aromatic nitrogens is 1. The molecule has 104 valence electrons. The van der Waals surface area contributed by atoms with Gasteiger partial charge in [-0.3, -0.25) is 9.78 Å². The van der Waals surface area contributed by atoms with Gasteiger partial charge in [-0.15, -0.1) is 0 Å². The fourth-order valence-electron chi connectivity index (χ4n) is 1.94. The summed E-state index contributed by atoms with van der Waals surface area (Å²) < 4.78 is 0. The number of nitrogens with one attached hydrogen (secondary N) is 1. The molecule has 1 aromatic heterocycles. The first-order valence-electron chi connectivity index (χ1n) is 6.69. The number of nitrogens with two attached hydrogens (primary N) is 1. The highest BCUT2D eigenvalue weighted by Crippen LogP contribution is 2.11. The second-order valence-electron chi connectivity index (χ2n) is 4.76. The lowest BCUT2D eigenvalue weighted by molar-refractivity contribution is -0.117. The zero-order chi connectivity index (χ0) is 14.4. The van der Waals surface area contributed by atoms with Gasteiger partial charge in [0.2, 0.25) is 5.91 Å². The van der Waals surface area contributed by atoms with Crippen molar-refractivity contribution in [3.63, 3.8) is 0 Å². The molecule has 0 spiro atoms. The zero-order valence-corrected chi connectivity index (χ0v) is 11.5. The number of carbonyl (C=O) groups excluding carboxylic acids is 1. The van der Waals surface area contributed by atoms with Crippen molar-refractivity contribution in [3.05, 3.63) is 59.9 Å². The number of aryl methyl sites for hydroxylation is 2. The molecule has 4 nitrogen and oxygen atoms in total. The van der Waals surface area contributed by atoms with Crippen molar-refractivity contribution < 1.29 is 4.79 Å². The molecule has 0 radical (unpaired) electrons. The van der Waals surface area contributed by atoms with E-state index in [2.05, 4.69) is 10.3 Å². The van der Waals surface area contributed by atoms with Crippen LogP contribution in [0.1, 0.15) is 17.7 Å². The Morgan fingerprint density at radius 1 is 1.25 bits per heavy atom. The number of pyridine rings is 1. The lowest BCUT2D eigenvalue weighted by Crippen LogP contribution is -2.36. The maximum atomic E-state index is 12.0. The number of anilines is 1. The van der Waals surface area contributed by atoms with Gasteiger partial charge in [-0.25, -0.2) is 0 Å². The van der Waals surface area contributed by atoms with Crippen molar-refractivity contribution in [1.82, 2.24) is 4.98 Å². The number of nitrogens with zero attached hydrogens (tertiary/aromatic N) is 1. The Bertz CT molecular complexity index is 569. The van der Waals surface area contributed by atoms with Crippen molar-refractivity contribution >= 4 is 11.6 Å². The predicted octanol–water partition coefficient (Wildman–Crippen LogP) is 2.29. The Morgan fingerprint density at radius 3 is 2.70 bits per heavy atom. The Kier molecular flexibility index (Phi) is 4.85. The van der Waals surface area contributed by atoms with Crippen LogP contribution >= 0.6 is 0 Å². The molecule has 1 atom stereocenters. The fourth-order valence-corrected chi connectivity index (χ4v) is 1.94. The largest absolute Gasteiger partial charge is 0.323 e. The number of carbonyl (C=O) groups is 1. The first-order chi connectivity index (χ1) is 9.66. The Balaban J connectivity index is 1.88. The Labute approximate surface area is 119 Å². The molecule has 1 unspecified atom stereocenters. The van der Waals surface area contributed by atoms with Crippen molar-refractivity contribution in [2.24, 2.45) is 5.73 Å². The van der Waals surface area contributed by atoms with E-state index in [1.54, 1.807) is 12.3 Å². The lowest BCUT2D eigenvalue weighted by atomic mass is 10.1. The topological polar surface area (TPSA) is 68.0 Å². The normalized spacial score (nSPS) is 11.9. The Morgan fingerprint density at radius 2 is 2.00 bits per heavy atom. The summed E-state index contributed by atoms with van der Waals surface area (Å²) in [6.07, 6.45) is 3.11. The van der Waals surface area contributed by atoms with E-state index < -0.39 is 6.04 Å². The molecule has 1 heterocycles. The van der Waals surface area contributed by atoms with Crippen LogP contribution in [0, 0.1) is 6.92 Å². The molecule has 0 aliphatic carbocycles. The SMILES string of the molecule is Cc1ncccc1NC(=O)C(N)CCc1ccccc1. The lowest BCUT2D eigenvalue weighted by Gasteiger charge is -2.13. The van der Waals surface area contributed by atoms with Gasteiger partial charge in [-0.1, -0.05) is 30.3 Å². The van der Waals surface area contributed by atoms with E-state index in [-0.39, 0.29) is 5.91 Å². The smallest absolute Gasteiger partial charge is 0.241 e. The van der Waals surface area contributed by atoms with Crippen LogP contribution < -0.4 is 11.1 Å². The molecule has 4 heteroatoms. The summed E-state index contributed by atoms with van der Waals surface area (Å²) in [5.74, 6) is -0.169. The third kappa shape index (κ3) is 3.90. The third-order valence-electron chi connectivity index (χ3n) is 3.19. The van der Waals surface area contributed by atoms with Gasteiger partial charge in [0.15, 0.2) is 0 Å². The van der Waals surface area contributed by atoms with Gasteiger partial charge in [-0.05, 0) is 37.5 Å². The molecule has 0 saturated carbocycles. The third-order valence-corrected chi connectivity index (χ3v) is 3.19. The predicted molar refractivity (Wildman–Crippen MR) is 80.3 cm³/mol. The zero-order valence-electron chi connectivity index (χ0n) is 11.5. The molecule has 1 aromatic carbocycles. The quantitative estimate of drug-likeness (QED) is 0.875. The summed E-state index contributed by atoms with van der Waals surface area (Å²) in [6, 6.07) is 13.1. The molecular formula is C16H19N3O. The second kappa shape index (κ2) is 6.82. The highest BCUT2D eigenvalue weighted by Gasteiger charge is 2.14. The number of hydrogen-bond acceptors (Lipinski definition) is 3. The van der Waals surface area contributed by atoms with E-state index in [4.69, 9.17) is 5.73 Å². The van der Waals surface area contributed by atoms with Gasteiger partial charge in [0.25, 0.3) is 0 Å². The van der Waals surface area contributed by atoms with Crippen LogP contribution in [0.3, 0.4) is 0 Å². The minimum Gasteiger partial charge on any atom is -0.323 e. The number of amides is 1. The van der Waals surface area contributed by atoms with Crippen molar-refractivity contribution in [2.45, 2.75) is 25.8 Å². The van der Waals surface area contributed by atoms with Gasteiger partial charge in [0.05, 0.1) is 17.4 Å². The van der Waals surface area contributed by atoms with Gasteiger partial charge in [-0.2, -0.15) is 0 Å². The highest BCUT2D eigenvalue weighted by atomic mass is 16.2. The Hall–Kier alpha value is -2.20. The van der Waals surface area contributed by atoms with E-state index in [1.807, 2.05) is 43.3 Å². The van der Waals surface area contributed by atoms with Gasteiger partial charge in [0, 0.05) is 6.20 Å². The first-order valence-corrected chi connectivity index (χ1v) is 6.69. The molecule has 2 aromatic rings. The van der Waals surface area contributed by atoms with Gasteiger partial charge >= 0.3 is 0 Å². The van der Waals surface area contributed by atoms with Crippen LogP contribution in [0.2, 0.25) is 0 Å². The minimum atomic E-state index is -0.519. The van der Waals surface area contributed by atoms with Crippen LogP contribution in [0.4, 0.5) is 5.69 Å². The van der Waals surface area contributed by atoms with Crippen molar-refractivity contribution in [1.29, 1.82) is 0 Å². The molecule has 0 aliphatic rings. The second-order valence-corrected chi connectivity index (χ2v) is 4.76. The maximum absolute atomic E-state index is 12.0.